The molecular weight excluding hydrogens is 230 g/mol. The lowest BCUT2D eigenvalue weighted by molar-refractivity contribution is 0.0316. The predicted molar refractivity (Wildman–Crippen MR) is 59.5 cm³/mol. The van der Waals surface area contributed by atoms with Crippen LogP contribution in [-0.4, -0.2) is 42.1 Å². The standard InChI is InChI=1S/C10H20BrNO/c1-8(6-11)12(3)7-10-5-4-9(2)13-10/h8-10H,4-7H2,1-3H3. The van der Waals surface area contributed by atoms with E-state index < -0.39 is 0 Å². The molecule has 0 amide bonds. The van der Waals surface area contributed by atoms with Gasteiger partial charge in [0.1, 0.15) is 0 Å². The van der Waals surface area contributed by atoms with Crippen LogP contribution in [0.25, 0.3) is 0 Å². The molecule has 0 aromatic carbocycles. The summed E-state index contributed by atoms with van der Waals surface area (Å²) in [6.07, 6.45) is 3.38. The Bertz CT molecular complexity index is 154. The fourth-order valence-corrected chi connectivity index (χ4v) is 2.13. The van der Waals surface area contributed by atoms with Crippen LogP contribution in [-0.2, 0) is 4.74 Å². The average molecular weight is 250 g/mol. The molecule has 3 atom stereocenters. The first-order chi connectivity index (χ1) is 6.13. The van der Waals surface area contributed by atoms with Crippen molar-refractivity contribution in [2.75, 3.05) is 18.9 Å². The van der Waals surface area contributed by atoms with Gasteiger partial charge < -0.3 is 9.64 Å². The van der Waals surface area contributed by atoms with Gasteiger partial charge in [-0.3, -0.25) is 0 Å². The molecule has 2 nitrogen and oxygen atoms in total. The fraction of sp³-hybridized carbons (Fsp3) is 1.00. The van der Waals surface area contributed by atoms with Gasteiger partial charge in [-0.1, -0.05) is 15.9 Å². The Labute approximate surface area is 89.8 Å². The monoisotopic (exact) mass is 249 g/mol. The largest absolute Gasteiger partial charge is 0.374 e. The van der Waals surface area contributed by atoms with Crippen LogP contribution in [0, 0.1) is 0 Å². The van der Waals surface area contributed by atoms with Gasteiger partial charge >= 0.3 is 0 Å². The summed E-state index contributed by atoms with van der Waals surface area (Å²) in [6.45, 7) is 5.46. The Morgan fingerprint density at radius 3 is 2.69 bits per heavy atom. The molecule has 0 aromatic heterocycles. The zero-order valence-corrected chi connectivity index (χ0v) is 10.4. The molecule has 1 heterocycles. The Kier molecular flexibility index (Phi) is 4.70. The van der Waals surface area contributed by atoms with Crippen LogP contribution in [0.1, 0.15) is 26.7 Å². The zero-order chi connectivity index (χ0) is 9.84. The maximum absolute atomic E-state index is 5.77. The molecule has 0 aliphatic carbocycles. The number of rotatable bonds is 4. The third-order valence-corrected chi connectivity index (χ3v) is 3.72. The Morgan fingerprint density at radius 2 is 2.23 bits per heavy atom. The van der Waals surface area contributed by atoms with Crippen molar-refractivity contribution in [1.29, 1.82) is 0 Å². The third-order valence-electron chi connectivity index (χ3n) is 2.79. The minimum absolute atomic E-state index is 0.460. The number of hydrogen-bond acceptors (Lipinski definition) is 2. The van der Waals surface area contributed by atoms with Gasteiger partial charge in [-0.05, 0) is 33.7 Å². The minimum Gasteiger partial charge on any atom is -0.374 e. The first-order valence-electron chi connectivity index (χ1n) is 5.05. The van der Waals surface area contributed by atoms with Crippen molar-refractivity contribution < 1.29 is 4.74 Å². The van der Waals surface area contributed by atoms with Gasteiger partial charge in [-0.2, -0.15) is 0 Å². The highest BCUT2D eigenvalue weighted by Crippen LogP contribution is 2.20. The maximum atomic E-state index is 5.77. The van der Waals surface area contributed by atoms with Gasteiger partial charge in [0.25, 0.3) is 0 Å². The molecule has 1 fully saturated rings. The molecule has 0 radical (unpaired) electrons. The molecule has 0 bridgehead atoms. The maximum Gasteiger partial charge on any atom is 0.0706 e. The fourth-order valence-electron chi connectivity index (χ4n) is 1.64. The summed E-state index contributed by atoms with van der Waals surface area (Å²) in [5.74, 6) is 0. The quantitative estimate of drug-likeness (QED) is 0.710. The van der Waals surface area contributed by atoms with E-state index in [-0.39, 0.29) is 0 Å². The first-order valence-corrected chi connectivity index (χ1v) is 6.17. The molecule has 78 valence electrons. The van der Waals surface area contributed by atoms with Gasteiger partial charge in [0.2, 0.25) is 0 Å². The average Bonchev–Trinajstić information content (AvgIpc) is 2.49. The molecule has 1 aliphatic heterocycles. The zero-order valence-electron chi connectivity index (χ0n) is 8.79. The summed E-state index contributed by atoms with van der Waals surface area (Å²) in [6, 6.07) is 0.597. The van der Waals surface area contributed by atoms with Crippen LogP contribution in [0.2, 0.25) is 0 Å². The van der Waals surface area contributed by atoms with Crippen LogP contribution < -0.4 is 0 Å². The third kappa shape index (κ3) is 3.56. The van der Waals surface area contributed by atoms with E-state index in [1.165, 1.54) is 12.8 Å². The van der Waals surface area contributed by atoms with Crippen molar-refractivity contribution in [2.24, 2.45) is 0 Å². The number of nitrogens with zero attached hydrogens (tertiary/aromatic N) is 1. The lowest BCUT2D eigenvalue weighted by Gasteiger charge is -2.25. The molecule has 1 saturated heterocycles. The van der Waals surface area contributed by atoms with E-state index in [1.54, 1.807) is 0 Å². The van der Waals surface area contributed by atoms with E-state index in [9.17, 15) is 0 Å². The van der Waals surface area contributed by atoms with Crippen molar-refractivity contribution in [1.82, 2.24) is 4.90 Å². The highest BCUT2D eigenvalue weighted by atomic mass is 79.9. The summed E-state index contributed by atoms with van der Waals surface area (Å²) in [7, 11) is 2.16. The van der Waals surface area contributed by atoms with Crippen molar-refractivity contribution in [3.8, 4) is 0 Å². The number of ether oxygens (including phenoxy) is 1. The molecule has 13 heavy (non-hydrogen) atoms. The molecule has 1 rings (SSSR count). The number of hydrogen-bond donors (Lipinski definition) is 0. The molecule has 0 saturated carbocycles. The van der Waals surface area contributed by atoms with Gasteiger partial charge in [0, 0.05) is 17.9 Å². The molecule has 0 aromatic rings. The van der Waals surface area contributed by atoms with Crippen LogP contribution in [0.5, 0.6) is 0 Å². The smallest absolute Gasteiger partial charge is 0.0706 e. The number of alkyl halides is 1. The van der Waals surface area contributed by atoms with Crippen molar-refractivity contribution in [3.63, 3.8) is 0 Å². The predicted octanol–water partition coefficient (Wildman–Crippen LogP) is 2.27. The number of likely N-dealkylation sites (N-methyl/N-ethyl adjacent to an activating group) is 1. The van der Waals surface area contributed by atoms with E-state index in [0.29, 0.717) is 18.2 Å². The lowest BCUT2D eigenvalue weighted by atomic mass is 10.2. The Hall–Kier alpha value is 0.400. The lowest BCUT2D eigenvalue weighted by Crippen LogP contribution is -2.36. The number of halogens is 1. The molecule has 0 N–H and O–H groups in total. The van der Waals surface area contributed by atoms with Gasteiger partial charge in [-0.25, -0.2) is 0 Å². The Morgan fingerprint density at radius 1 is 1.54 bits per heavy atom. The van der Waals surface area contributed by atoms with Crippen LogP contribution >= 0.6 is 15.9 Å². The second-order valence-corrected chi connectivity index (χ2v) is 4.74. The minimum atomic E-state index is 0.460. The van der Waals surface area contributed by atoms with Crippen molar-refractivity contribution in [3.05, 3.63) is 0 Å². The first kappa shape index (κ1) is 11.5. The van der Waals surface area contributed by atoms with Gasteiger partial charge in [0.05, 0.1) is 12.2 Å². The summed E-state index contributed by atoms with van der Waals surface area (Å²) in [4.78, 5) is 2.36. The highest BCUT2D eigenvalue weighted by molar-refractivity contribution is 9.09. The van der Waals surface area contributed by atoms with Crippen molar-refractivity contribution >= 4 is 15.9 Å². The topological polar surface area (TPSA) is 12.5 Å². The van der Waals surface area contributed by atoms with E-state index >= 15 is 0 Å². The molecular formula is C10H20BrNO. The van der Waals surface area contributed by atoms with E-state index in [1.807, 2.05) is 0 Å². The highest BCUT2D eigenvalue weighted by Gasteiger charge is 2.23. The van der Waals surface area contributed by atoms with Crippen LogP contribution in [0.3, 0.4) is 0 Å². The second-order valence-electron chi connectivity index (χ2n) is 4.09. The van der Waals surface area contributed by atoms with Gasteiger partial charge in [-0.15, -0.1) is 0 Å². The SMILES string of the molecule is CC1CCC(CN(C)C(C)CBr)O1. The summed E-state index contributed by atoms with van der Waals surface area (Å²) in [5.41, 5.74) is 0. The summed E-state index contributed by atoms with van der Waals surface area (Å²) >= 11 is 3.49. The van der Waals surface area contributed by atoms with E-state index in [2.05, 4.69) is 41.7 Å². The second kappa shape index (κ2) is 5.32. The molecule has 1 aliphatic rings. The Balaban J connectivity index is 2.24. The molecule has 3 heteroatoms. The molecule has 3 unspecified atom stereocenters. The van der Waals surface area contributed by atoms with Crippen molar-refractivity contribution in [2.45, 2.75) is 44.9 Å². The normalized spacial score (nSPS) is 31.2. The summed E-state index contributed by atoms with van der Waals surface area (Å²) < 4.78 is 5.77. The summed E-state index contributed by atoms with van der Waals surface area (Å²) in [5, 5.41) is 1.03. The molecule has 0 spiro atoms. The van der Waals surface area contributed by atoms with E-state index in [0.717, 1.165) is 11.9 Å². The van der Waals surface area contributed by atoms with Crippen LogP contribution in [0.15, 0.2) is 0 Å². The van der Waals surface area contributed by atoms with E-state index in [4.69, 9.17) is 4.74 Å². The van der Waals surface area contributed by atoms with Gasteiger partial charge in [0.15, 0.2) is 0 Å². The van der Waals surface area contributed by atoms with Crippen LogP contribution in [0.4, 0.5) is 0 Å².